The summed E-state index contributed by atoms with van der Waals surface area (Å²) in [6.45, 7) is 2.00. The fourth-order valence-electron chi connectivity index (χ4n) is 2.20. The summed E-state index contributed by atoms with van der Waals surface area (Å²) in [4.78, 5) is 25.0. The molecule has 3 heteroatoms. The molecule has 0 atom stereocenters. The fraction of sp³-hybridized carbons (Fsp3) is 0.429. The number of carbonyl (C=O) groups excluding carboxylic acids is 2. The third kappa shape index (κ3) is 2.23. The molecule has 0 radical (unpaired) electrons. The predicted molar refractivity (Wildman–Crippen MR) is 67.4 cm³/mol. The van der Waals surface area contributed by atoms with Crippen LogP contribution in [0.1, 0.15) is 42.1 Å². The first-order valence-electron chi connectivity index (χ1n) is 6.06. The number of hydrogen-bond acceptors (Lipinski definition) is 2. The second-order valence-corrected chi connectivity index (χ2v) is 4.47. The van der Waals surface area contributed by atoms with Crippen LogP contribution in [0.3, 0.4) is 0 Å². The molecule has 1 aromatic carbocycles. The van der Waals surface area contributed by atoms with Gasteiger partial charge in [-0.1, -0.05) is 6.92 Å². The molecule has 90 valence electrons. The first-order chi connectivity index (χ1) is 8.13. The molecule has 0 saturated carbocycles. The predicted octanol–water partition coefficient (Wildman–Crippen LogP) is 2.58. The lowest BCUT2D eigenvalue weighted by Gasteiger charge is -2.26. The van der Waals surface area contributed by atoms with E-state index in [4.69, 9.17) is 0 Å². The van der Waals surface area contributed by atoms with E-state index in [-0.39, 0.29) is 11.7 Å². The highest BCUT2D eigenvalue weighted by atomic mass is 16.2. The summed E-state index contributed by atoms with van der Waals surface area (Å²) in [7, 11) is 1.79. The minimum atomic E-state index is 0.144. The Morgan fingerprint density at radius 1 is 1.35 bits per heavy atom. The molecule has 1 aromatic rings. The third-order valence-electron chi connectivity index (χ3n) is 3.22. The average molecular weight is 231 g/mol. The lowest BCUT2D eigenvalue weighted by atomic mass is 9.97. The lowest BCUT2D eigenvalue weighted by Crippen LogP contribution is -2.31. The smallest absolute Gasteiger partial charge is 0.227 e. The Kier molecular flexibility index (Phi) is 3.27. The van der Waals surface area contributed by atoms with Crippen LogP contribution in [0.15, 0.2) is 18.2 Å². The number of benzene rings is 1. The Morgan fingerprint density at radius 3 is 2.82 bits per heavy atom. The van der Waals surface area contributed by atoms with Crippen LogP contribution in [0, 0.1) is 0 Å². The monoisotopic (exact) mass is 231 g/mol. The highest BCUT2D eigenvalue weighted by Crippen LogP contribution is 2.27. The van der Waals surface area contributed by atoms with Crippen molar-refractivity contribution in [3.8, 4) is 0 Å². The van der Waals surface area contributed by atoms with E-state index in [2.05, 4.69) is 0 Å². The topological polar surface area (TPSA) is 37.4 Å². The number of anilines is 1. The average Bonchev–Trinajstić information content (AvgIpc) is 2.34. The highest BCUT2D eigenvalue weighted by molar-refractivity contribution is 5.99. The van der Waals surface area contributed by atoms with E-state index in [9.17, 15) is 9.59 Å². The number of nitrogens with zero attached hydrogens (tertiary/aromatic N) is 1. The Balaban J connectivity index is 2.32. The number of rotatable bonds is 3. The quantitative estimate of drug-likeness (QED) is 0.750. The maximum Gasteiger partial charge on any atom is 0.227 e. The zero-order valence-electron chi connectivity index (χ0n) is 10.3. The molecule has 1 aliphatic heterocycles. The Hall–Kier alpha value is -1.64. The number of fused-ring (bicyclic) bond motifs is 1. The van der Waals surface area contributed by atoms with Crippen molar-refractivity contribution in [2.24, 2.45) is 0 Å². The Morgan fingerprint density at radius 2 is 2.12 bits per heavy atom. The summed E-state index contributed by atoms with van der Waals surface area (Å²) in [5.41, 5.74) is 2.82. The van der Waals surface area contributed by atoms with Crippen LogP contribution in [-0.2, 0) is 11.2 Å². The van der Waals surface area contributed by atoms with Crippen molar-refractivity contribution >= 4 is 17.4 Å². The second kappa shape index (κ2) is 4.70. The molecule has 1 aliphatic rings. The Labute approximate surface area is 101 Å². The van der Waals surface area contributed by atoms with Gasteiger partial charge in [0.25, 0.3) is 0 Å². The lowest BCUT2D eigenvalue weighted by molar-refractivity contribution is -0.118. The molecule has 2 rings (SSSR count). The molecule has 0 fully saturated rings. The van der Waals surface area contributed by atoms with Gasteiger partial charge < -0.3 is 4.90 Å². The van der Waals surface area contributed by atoms with Crippen LogP contribution in [0.5, 0.6) is 0 Å². The van der Waals surface area contributed by atoms with Gasteiger partial charge in [-0.05, 0) is 36.6 Å². The van der Waals surface area contributed by atoms with E-state index in [0.717, 1.165) is 29.7 Å². The van der Waals surface area contributed by atoms with Crippen LogP contribution in [-0.4, -0.2) is 18.7 Å². The van der Waals surface area contributed by atoms with Gasteiger partial charge in [-0.2, -0.15) is 0 Å². The first kappa shape index (κ1) is 11.8. The molecular weight excluding hydrogens is 214 g/mol. The van der Waals surface area contributed by atoms with Crippen LogP contribution < -0.4 is 4.90 Å². The molecule has 0 unspecified atom stereocenters. The largest absolute Gasteiger partial charge is 0.315 e. The zero-order valence-corrected chi connectivity index (χ0v) is 10.3. The van der Waals surface area contributed by atoms with Crippen molar-refractivity contribution < 1.29 is 9.59 Å². The molecule has 0 spiro atoms. The van der Waals surface area contributed by atoms with Gasteiger partial charge in [0.05, 0.1) is 0 Å². The van der Waals surface area contributed by atoms with Gasteiger partial charge in [-0.15, -0.1) is 0 Å². The summed E-state index contributed by atoms with van der Waals surface area (Å²) in [5, 5.41) is 0. The maximum atomic E-state index is 11.8. The number of carbonyl (C=O) groups is 2. The van der Waals surface area contributed by atoms with Crippen molar-refractivity contribution in [2.75, 3.05) is 11.9 Å². The van der Waals surface area contributed by atoms with E-state index >= 15 is 0 Å². The van der Waals surface area contributed by atoms with Crippen LogP contribution in [0.25, 0.3) is 0 Å². The molecular formula is C14H17NO2. The van der Waals surface area contributed by atoms with E-state index in [1.165, 1.54) is 0 Å². The number of Topliss-reactive ketones (excluding diaryl/α,β-unsaturated/α-hetero) is 1. The van der Waals surface area contributed by atoms with Gasteiger partial charge >= 0.3 is 0 Å². The van der Waals surface area contributed by atoms with Gasteiger partial charge in [-0.3, -0.25) is 9.59 Å². The van der Waals surface area contributed by atoms with Gasteiger partial charge in [0.1, 0.15) is 0 Å². The number of amides is 1. The molecule has 0 bridgehead atoms. The van der Waals surface area contributed by atoms with Crippen molar-refractivity contribution in [3.63, 3.8) is 0 Å². The molecule has 1 amide bonds. The molecule has 17 heavy (non-hydrogen) atoms. The minimum Gasteiger partial charge on any atom is -0.315 e. The molecule has 3 nitrogen and oxygen atoms in total. The van der Waals surface area contributed by atoms with Crippen LogP contribution >= 0.6 is 0 Å². The third-order valence-corrected chi connectivity index (χ3v) is 3.22. The van der Waals surface area contributed by atoms with Gasteiger partial charge in [0.2, 0.25) is 5.91 Å². The molecule has 0 aliphatic carbocycles. The summed E-state index contributed by atoms with van der Waals surface area (Å²) in [6.07, 6.45) is 2.74. The minimum absolute atomic E-state index is 0.144. The summed E-state index contributed by atoms with van der Waals surface area (Å²) >= 11 is 0. The first-order valence-corrected chi connectivity index (χ1v) is 6.06. The zero-order chi connectivity index (χ0) is 12.4. The number of hydrogen-bond donors (Lipinski definition) is 0. The number of ketones is 1. The molecule has 0 saturated heterocycles. The SMILES string of the molecule is CCCC(=O)c1ccc2c(c1)CCC(=O)N2C. The standard InChI is InChI=1S/C14H17NO2/c1-3-4-13(16)11-5-7-12-10(9-11)6-8-14(17)15(12)2/h5,7,9H,3-4,6,8H2,1-2H3. The van der Waals surface area contributed by atoms with Crippen molar-refractivity contribution in [1.29, 1.82) is 0 Å². The van der Waals surface area contributed by atoms with E-state index in [1.807, 2.05) is 25.1 Å². The van der Waals surface area contributed by atoms with Gasteiger partial charge in [0, 0.05) is 31.1 Å². The Bertz CT molecular complexity index is 465. The van der Waals surface area contributed by atoms with Gasteiger partial charge in [0.15, 0.2) is 5.78 Å². The maximum absolute atomic E-state index is 11.8. The summed E-state index contributed by atoms with van der Waals surface area (Å²) < 4.78 is 0. The molecule has 0 N–H and O–H groups in total. The van der Waals surface area contributed by atoms with E-state index < -0.39 is 0 Å². The molecule has 0 aromatic heterocycles. The second-order valence-electron chi connectivity index (χ2n) is 4.47. The van der Waals surface area contributed by atoms with Gasteiger partial charge in [-0.25, -0.2) is 0 Å². The summed E-state index contributed by atoms with van der Waals surface area (Å²) in [6, 6.07) is 5.65. The van der Waals surface area contributed by atoms with Crippen molar-refractivity contribution in [2.45, 2.75) is 32.6 Å². The number of aryl methyl sites for hydroxylation is 1. The molecule has 1 heterocycles. The fourth-order valence-corrected chi connectivity index (χ4v) is 2.20. The van der Waals surface area contributed by atoms with Crippen molar-refractivity contribution in [3.05, 3.63) is 29.3 Å². The van der Waals surface area contributed by atoms with E-state index in [1.54, 1.807) is 11.9 Å². The normalized spacial score (nSPS) is 14.7. The van der Waals surface area contributed by atoms with E-state index in [0.29, 0.717) is 12.8 Å². The summed E-state index contributed by atoms with van der Waals surface area (Å²) in [5.74, 6) is 0.333. The van der Waals surface area contributed by atoms with Crippen LogP contribution in [0.4, 0.5) is 5.69 Å². The van der Waals surface area contributed by atoms with Crippen LogP contribution in [0.2, 0.25) is 0 Å². The highest BCUT2D eigenvalue weighted by Gasteiger charge is 2.21. The van der Waals surface area contributed by atoms with Crippen molar-refractivity contribution in [1.82, 2.24) is 0 Å².